The number of nitrogens with one attached hydrogen (secondary N) is 1. The molecule has 0 aliphatic heterocycles. The van der Waals surface area contributed by atoms with Crippen molar-refractivity contribution in [2.24, 2.45) is 0 Å². The van der Waals surface area contributed by atoms with Crippen LogP contribution in [0.15, 0.2) is 102 Å². The molecule has 0 saturated carbocycles. The smallest absolute Gasteiger partial charge is 0.264 e. The third kappa shape index (κ3) is 8.93. The summed E-state index contributed by atoms with van der Waals surface area (Å²) in [7, 11) is -2.89. The van der Waals surface area contributed by atoms with E-state index in [2.05, 4.69) is 5.32 Å². The first kappa shape index (κ1) is 35.5. The number of carbonyl (C=O) groups is 2. The highest BCUT2D eigenvalue weighted by Crippen LogP contribution is 2.35. The van der Waals surface area contributed by atoms with E-state index in [-0.39, 0.29) is 46.3 Å². The molecule has 4 aromatic carbocycles. The second-order valence-corrected chi connectivity index (χ2v) is 13.9. The number of sulfonamides is 1. The Labute approximate surface area is 283 Å². The Morgan fingerprint density at radius 3 is 2.21 bits per heavy atom. The Balaban J connectivity index is 1.87. The molecule has 0 saturated heterocycles. The lowest BCUT2D eigenvalue weighted by atomic mass is 10.0. The Hall–Kier alpha value is -4.34. The summed E-state index contributed by atoms with van der Waals surface area (Å²) in [5.74, 6) is -0.664. The van der Waals surface area contributed by atoms with Gasteiger partial charge in [0.05, 0.1) is 17.7 Å². The van der Waals surface area contributed by atoms with Crippen LogP contribution in [0.25, 0.3) is 0 Å². The molecule has 4 aromatic rings. The standard InChI is InChI=1S/C37H42ClN3O5S/c1-6-28(4)39-37(43)34(22-29-13-8-7-9-14-29)40(24-30-15-11-10-12-27(30)3)36(42)25-41(33-23-31(38)18-21-35(33)46-5)47(44,45)32-19-16-26(2)17-20-32/h7-21,23,28,34H,6,22,24-25H2,1-5H3,(H,39,43)/t28-,34-/m0/s1. The minimum absolute atomic E-state index is 0.00117. The van der Waals surface area contributed by atoms with Gasteiger partial charge in [-0.2, -0.15) is 0 Å². The van der Waals surface area contributed by atoms with E-state index in [4.69, 9.17) is 16.3 Å². The largest absolute Gasteiger partial charge is 0.495 e. The van der Waals surface area contributed by atoms with Crippen LogP contribution in [-0.2, 0) is 32.6 Å². The Morgan fingerprint density at radius 1 is 0.915 bits per heavy atom. The van der Waals surface area contributed by atoms with Crippen molar-refractivity contribution in [3.63, 3.8) is 0 Å². The average molecular weight is 676 g/mol. The predicted molar refractivity (Wildman–Crippen MR) is 187 cm³/mol. The van der Waals surface area contributed by atoms with Crippen LogP contribution >= 0.6 is 11.6 Å². The first-order chi connectivity index (χ1) is 22.4. The molecule has 8 nitrogen and oxygen atoms in total. The van der Waals surface area contributed by atoms with Crippen LogP contribution < -0.4 is 14.4 Å². The molecule has 0 unspecified atom stereocenters. The van der Waals surface area contributed by atoms with Crippen molar-refractivity contribution in [2.75, 3.05) is 18.0 Å². The summed E-state index contributed by atoms with van der Waals surface area (Å²) in [6, 6.07) is 27.0. The van der Waals surface area contributed by atoms with Crippen molar-refractivity contribution in [3.05, 3.63) is 124 Å². The normalized spacial score (nSPS) is 12.6. The molecule has 1 N–H and O–H groups in total. The molecule has 0 heterocycles. The molecule has 0 radical (unpaired) electrons. The number of carbonyl (C=O) groups excluding carboxylic acids is 2. The van der Waals surface area contributed by atoms with Crippen molar-refractivity contribution in [1.82, 2.24) is 10.2 Å². The fraction of sp³-hybridized carbons (Fsp3) is 0.297. The van der Waals surface area contributed by atoms with Crippen LogP contribution in [-0.4, -0.2) is 50.9 Å². The molecular formula is C37H42ClN3O5S. The summed E-state index contributed by atoms with van der Waals surface area (Å²) < 4.78 is 35.3. The lowest BCUT2D eigenvalue weighted by Gasteiger charge is -2.35. The minimum atomic E-state index is -4.31. The molecule has 0 fully saturated rings. The number of rotatable bonds is 14. The van der Waals surface area contributed by atoms with Gasteiger partial charge in [0.1, 0.15) is 18.3 Å². The molecule has 0 spiro atoms. The van der Waals surface area contributed by atoms with Crippen LogP contribution in [0.2, 0.25) is 5.02 Å². The van der Waals surface area contributed by atoms with Crippen LogP contribution in [0.1, 0.15) is 42.5 Å². The number of nitrogens with zero attached hydrogens (tertiary/aromatic N) is 2. The van der Waals surface area contributed by atoms with E-state index in [1.165, 1.54) is 30.2 Å². The highest BCUT2D eigenvalue weighted by Gasteiger charge is 2.36. The fourth-order valence-corrected chi connectivity index (χ4v) is 6.76. The van der Waals surface area contributed by atoms with Crippen LogP contribution in [0.4, 0.5) is 5.69 Å². The van der Waals surface area contributed by atoms with E-state index in [1.54, 1.807) is 24.3 Å². The zero-order chi connectivity index (χ0) is 34.1. The second-order valence-electron chi connectivity index (χ2n) is 11.6. The molecule has 4 rings (SSSR count). The molecule has 0 aliphatic carbocycles. The van der Waals surface area contributed by atoms with Gasteiger partial charge in [-0.05, 0) is 74.2 Å². The number of benzene rings is 4. The van der Waals surface area contributed by atoms with Gasteiger partial charge in [-0.3, -0.25) is 13.9 Å². The molecule has 47 heavy (non-hydrogen) atoms. The number of ether oxygens (including phenoxy) is 1. The molecule has 248 valence electrons. The zero-order valence-corrected chi connectivity index (χ0v) is 29.0. The third-order valence-electron chi connectivity index (χ3n) is 8.17. The number of hydrogen-bond donors (Lipinski definition) is 1. The van der Waals surface area contributed by atoms with Crippen LogP contribution in [0, 0.1) is 13.8 Å². The lowest BCUT2D eigenvalue weighted by molar-refractivity contribution is -0.140. The van der Waals surface area contributed by atoms with Gasteiger partial charge in [0.15, 0.2) is 0 Å². The van der Waals surface area contributed by atoms with Gasteiger partial charge in [0, 0.05) is 24.0 Å². The van der Waals surface area contributed by atoms with Gasteiger partial charge in [-0.15, -0.1) is 0 Å². The summed E-state index contributed by atoms with van der Waals surface area (Å²) in [6.07, 6.45) is 0.929. The first-order valence-corrected chi connectivity index (χ1v) is 17.4. The maximum absolute atomic E-state index is 14.7. The lowest BCUT2D eigenvalue weighted by Crippen LogP contribution is -2.54. The highest BCUT2D eigenvalue weighted by atomic mass is 35.5. The number of methoxy groups -OCH3 is 1. The van der Waals surface area contributed by atoms with E-state index < -0.39 is 28.5 Å². The number of halogens is 1. The number of anilines is 1. The first-order valence-electron chi connectivity index (χ1n) is 15.6. The Bertz CT molecular complexity index is 1780. The number of hydrogen-bond acceptors (Lipinski definition) is 5. The molecule has 2 amide bonds. The molecule has 0 bridgehead atoms. The molecule has 2 atom stereocenters. The zero-order valence-electron chi connectivity index (χ0n) is 27.4. The van der Waals surface area contributed by atoms with Gasteiger partial charge in [0.2, 0.25) is 11.8 Å². The Kier molecular flexibility index (Phi) is 12.1. The topological polar surface area (TPSA) is 96.0 Å². The molecule has 0 aromatic heterocycles. The van der Waals surface area contributed by atoms with Gasteiger partial charge >= 0.3 is 0 Å². The second kappa shape index (κ2) is 16.0. The van der Waals surface area contributed by atoms with Crippen molar-refractivity contribution in [3.8, 4) is 5.75 Å². The predicted octanol–water partition coefficient (Wildman–Crippen LogP) is 6.72. The summed E-state index contributed by atoms with van der Waals surface area (Å²) in [5, 5.41) is 3.32. The molecule has 0 aliphatic rings. The quantitative estimate of drug-likeness (QED) is 0.160. The van der Waals surface area contributed by atoms with Gasteiger partial charge in [0.25, 0.3) is 10.0 Å². The summed E-state index contributed by atoms with van der Waals surface area (Å²) in [6.45, 7) is 7.15. The number of amides is 2. The van der Waals surface area contributed by atoms with Crippen LogP contribution in [0.5, 0.6) is 5.75 Å². The fourth-order valence-electron chi connectivity index (χ4n) is 5.17. The maximum atomic E-state index is 14.7. The third-order valence-corrected chi connectivity index (χ3v) is 10.2. The SMILES string of the molecule is CC[C@H](C)NC(=O)[C@H](Cc1ccccc1)N(Cc1ccccc1C)C(=O)CN(c1cc(Cl)ccc1OC)S(=O)(=O)c1ccc(C)cc1. The Morgan fingerprint density at radius 2 is 1.57 bits per heavy atom. The van der Waals surface area contributed by atoms with Gasteiger partial charge in [-0.1, -0.05) is 90.8 Å². The van der Waals surface area contributed by atoms with E-state index >= 15 is 0 Å². The summed E-state index contributed by atoms with van der Waals surface area (Å²) in [4.78, 5) is 30.2. The van der Waals surface area contributed by atoms with Gasteiger partial charge < -0.3 is 15.0 Å². The summed E-state index contributed by atoms with van der Waals surface area (Å²) in [5.41, 5.74) is 3.62. The molecule has 10 heteroatoms. The van der Waals surface area contributed by atoms with Crippen LogP contribution in [0.3, 0.4) is 0 Å². The highest BCUT2D eigenvalue weighted by molar-refractivity contribution is 7.92. The van der Waals surface area contributed by atoms with E-state index in [1.807, 2.05) is 82.3 Å². The van der Waals surface area contributed by atoms with Crippen molar-refractivity contribution >= 4 is 39.1 Å². The minimum Gasteiger partial charge on any atom is -0.495 e. The van der Waals surface area contributed by atoms with E-state index in [9.17, 15) is 18.0 Å². The van der Waals surface area contributed by atoms with Crippen molar-refractivity contribution in [2.45, 2.75) is 64.1 Å². The van der Waals surface area contributed by atoms with Crippen molar-refractivity contribution in [1.29, 1.82) is 0 Å². The molecular weight excluding hydrogens is 634 g/mol. The van der Waals surface area contributed by atoms with E-state index in [0.717, 1.165) is 26.6 Å². The summed E-state index contributed by atoms with van der Waals surface area (Å²) >= 11 is 6.38. The number of aryl methyl sites for hydroxylation is 2. The maximum Gasteiger partial charge on any atom is 0.264 e. The van der Waals surface area contributed by atoms with E-state index in [0.29, 0.717) is 6.42 Å². The van der Waals surface area contributed by atoms with Gasteiger partial charge in [-0.25, -0.2) is 8.42 Å². The average Bonchev–Trinajstić information content (AvgIpc) is 3.06. The monoisotopic (exact) mass is 675 g/mol. The van der Waals surface area contributed by atoms with Crippen molar-refractivity contribution < 1.29 is 22.7 Å².